The van der Waals surface area contributed by atoms with E-state index in [0.717, 1.165) is 81.7 Å². The van der Waals surface area contributed by atoms with Gasteiger partial charge in [-0.15, -0.1) is 0 Å². The van der Waals surface area contributed by atoms with E-state index in [-0.39, 0.29) is 11.8 Å². The number of hydrogen-bond acceptors (Lipinski definition) is 5. The SMILES string of the molecule is O=C(NC1CC1)c1cc(N2CCN(CC(=O)N3CCCCCC3)CC2)nc2ccccc12. The highest BCUT2D eigenvalue weighted by molar-refractivity contribution is 6.07. The zero-order valence-corrected chi connectivity index (χ0v) is 18.8. The Morgan fingerprint density at radius 2 is 1.66 bits per heavy atom. The fourth-order valence-electron chi connectivity index (χ4n) is 4.75. The molecule has 2 amide bonds. The molecule has 1 N–H and O–H groups in total. The lowest BCUT2D eigenvalue weighted by molar-refractivity contribution is -0.132. The van der Waals surface area contributed by atoms with E-state index in [9.17, 15) is 9.59 Å². The molecule has 1 aromatic carbocycles. The first-order valence-corrected chi connectivity index (χ1v) is 12.1. The summed E-state index contributed by atoms with van der Waals surface area (Å²) in [5.41, 5.74) is 1.56. The van der Waals surface area contributed by atoms with Crippen LogP contribution in [-0.4, -0.2) is 78.5 Å². The summed E-state index contributed by atoms with van der Waals surface area (Å²) in [6.45, 7) is 5.60. The standard InChI is InChI=1S/C25H33N5O2/c31-24(30-11-5-1-2-6-12-30)18-28-13-15-29(16-14-28)23-17-21(25(32)26-19-9-10-19)20-7-3-4-8-22(20)27-23/h3-4,7-8,17,19H,1-2,5-6,9-16,18H2,(H,26,32). The van der Waals surface area contributed by atoms with Crippen molar-refractivity contribution in [1.82, 2.24) is 20.1 Å². The number of pyridine rings is 1. The number of rotatable bonds is 5. The van der Waals surface area contributed by atoms with Crippen molar-refractivity contribution in [2.75, 3.05) is 50.7 Å². The van der Waals surface area contributed by atoms with E-state index >= 15 is 0 Å². The minimum atomic E-state index is -0.00553. The number of para-hydroxylation sites is 1. The smallest absolute Gasteiger partial charge is 0.252 e. The van der Waals surface area contributed by atoms with E-state index in [0.29, 0.717) is 18.2 Å². The van der Waals surface area contributed by atoms with Gasteiger partial charge in [-0.2, -0.15) is 0 Å². The predicted octanol–water partition coefficient (Wildman–Crippen LogP) is 2.65. The average molecular weight is 436 g/mol. The molecule has 170 valence electrons. The molecule has 1 saturated carbocycles. The molecular formula is C25H33N5O2. The normalized spacial score (nSPS) is 20.2. The van der Waals surface area contributed by atoms with Crippen LogP contribution in [0, 0.1) is 0 Å². The molecular weight excluding hydrogens is 402 g/mol. The maximum atomic E-state index is 12.9. The van der Waals surface area contributed by atoms with Gasteiger partial charge in [0, 0.05) is 50.7 Å². The minimum Gasteiger partial charge on any atom is -0.354 e. The van der Waals surface area contributed by atoms with E-state index in [4.69, 9.17) is 4.98 Å². The Morgan fingerprint density at radius 1 is 0.938 bits per heavy atom. The molecule has 3 heterocycles. The highest BCUT2D eigenvalue weighted by Gasteiger charge is 2.27. The third-order valence-electron chi connectivity index (χ3n) is 6.87. The number of carbonyl (C=O) groups excluding carboxylic acids is 2. The highest BCUT2D eigenvalue weighted by atomic mass is 16.2. The van der Waals surface area contributed by atoms with Gasteiger partial charge in [-0.1, -0.05) is 31.0 Å². The van der Waals surface area contributed by atoms with Crippen molar-refractivity contribution < 1.29 is 9.59 Å². The van der Waals surface area contributed by atoms with Crippen LogP contribution in [-0.2, 0) is 4.79 Å². The van der Waals surface area contributed by atoms with Crippen LogP contribution < -0.4 is 10.2 Å². The van der Waals surface area contributed by atoms with E-state index in [1.54, 1.807) is 0 Å². The number of aromatic nitrogens is 1. The van der Waals surface area contributed by atoms with Crippen LogP contribution in [0.4, 0.5) is 5.82 Å². The number of amides is 2. The van der Waals surface area contributed by atoms with Crippen molar-refractivity contribution in [2.45, 2.75) is 44.6 Å². The summed E-state index contributed by atoms with van der Waals surface area (Å²) < 4.78 is 0. The molecule has 7 nitrogen and oxygen atoms in total. The zero-order chi connectivity index (χ0) is 21.9. The second-order valence-electron chi connectivity index (χ2n) is 9.35. The van der Waals surface area contributed by atoms with Crippen LogP contribution in [0.3, 0.4) is 0 Å². The fourth-order valence-corrected chi connectivity index (χ4v) is 4.75. The molecule has 2 aliphatic heterocycles. The summed E-state index contributed by atoms with van der Waals surface area (Å²) in [7, 11) is 0. The van der Waals surface area contributed by atoms with Gasteiger partial charge >= 0.3 is 0 Å². The summed E-state index contributed by atoms with van der Waals surface area (Å²) in [6.07, 6.45) is 6.87. The number of nitrogens with zero attached hydrogens (tertiary/aromatic N) is 4. The van der Waals surface area contributed by atoms with Gasteiger partial charge in [-0.3, -0.25) is 14.5 Å². The molecule has 0 atom stereocenters. The maximum absolute atomic E-state index is 12.9. The van der Waals surface area contributed by atoms with Gasteiger partial charge in [0.2, 0.25) is 5.91 Å². The van der Waals surface area contributed by atoms with Crippen LogP contribution in [0.1, 0.15) is 48.9 Å². The molecule has 2 saturated heterocycles. The summed E-state index contributed by atoms with van der Waals surface area (Å²) in [4.78, 5) is 37.0. The highest BCUT2D eigenvalue weighted by Crippen LogP contribution is 2.26. The van der Waals surface area contributed by atoms with Gasteiger partial charge in [0.05, 0.1) is 17.6 Å². The molecule has 2 aromatic rings. The van der Waals surface area contributed by atoms with E-state index in [2.05, 4.69) is 20.0 Å². The van der Waals surface area contributed by atoms with Crippen LogP contribution in [0.5, 0.6) is 0 Å². The summed E-state index contributed by atoms with van der Waals surface area (Å²) in [5, 5.41) is 4.02. The Hall–Kier alpha value is -2.67. The molecule has 1 aliphatic carbocycles. The van der Waals surface area contributed by atoms with Crippen molar-refractivity contribution in [3.8, 4) is 0 Å². The number of nitrogens with one attached hydrogen (secondary N) is 1. The Balaban J connectivity index is 1.25. The van der Waals surface area contributed by atoms with Crippen molar-refractivity contribution >= 4 is 28.5 Å². The monoisotopic (exact) mass is 435 g/mol. The molecule has 7 heteroatoms. The lowest BCUT2D eigenvalue weighted by Gasteiger charge is -2.36. The number of fused-ring (bicyclic) bond motifs is 1. The van der Waals surface area contributed by atoms with Gasteiger partial charge < -0.3 is 15.1 Å². The molecule has 0 radical (unpaired) electrons. The topological polar surface area (TPSA) is 68.8 Å². The number of likely N-dealkylation sites (tertiary alicyclic amines) is 1. The Kier molecular flexibility index (Phi) is 6.26. The molecule has 0 spiro atoms. The number of benzene rings is 1. The molecule has 3 aliphatic rings. The predicted molar refractivity (Wildman–Crippen MR) is 126 cm³/mol. The van der Waals surface area contributed by atoms with Crippen molar-refractivity contribution in [1.29, 1.82) is 0 Å². The molecule has 1 aromatic heterocycles. The first-order valence-electron chi connectivity index (χ1n) is 12.1. The summed E-state index contributed by atoms with van der Waals surface area (Å²) >= 11 is 0. The fraction of sp³-hybridized carbons (Fsp3) is 0.560. The summed E-state index contributed by atoms with van der Waals surface area (Å²) in [6, 6.07) is 10.1. The van der Waals surface area contributed by atoms with E-state index in [1.165, 1.54) is 12.8 Å². The van der Waals surface area contributed by atoms with Crippen LogP contribution in [0.15, 0.2) is 30.3 Å². The van der Waals surface area contributed by atoms with Gasteiger partial charge in [0.1, 0.15) is 5.82 Å². The molecule has 0 unspecified atom stereocenters. The zero-order valence-electron chi connectivity index (χ0n) is 18.8. The van der Waals surface area contributed by atoms with Crippen molar-refractivity contribution in [2.24, 2.45) is 0 Å². The van der Waals surface area contributed by atoms with Gasteiger partial charge in [-0.25, -0.2) is 4.98 Å². The number of anilines is 1. The number of carbonyl (C=O) groups is 2. The van der Waals surface area contributed by atoms with Crippen LogP contribution in [0.25, 0.3) is 10.9 Å². The lowest BCUT2D eigenvalue weighted by Crippen LogP contribution is -2.50. The Morgan fingerprint density at radius 3 is 2.38 bits per heavy atom. The van der Waals surface area contributed by atoms with Gasteiger partial charge in [-0.05, 0) is 37.8 Å². The second kappa shape index (κ2) is 9.45. The lowest BCUT2D eigenvalue weighted by atomic mass is 10.1. The van der Waals surface area contributed by atoms with Crippen molar-refractivity contribution in [3.05, 3.63) is 35.9 Å². The number of piperazine rings is 1. The first kappa shape index (κ1) is 21.2. The number of hydrogen-bond donors (Lipinski definition) is 1. The third kappa shape index (κ3) is 4.88. The molecule has 3 fully saturated rings. The minimum absolute atomic E-state index is 0.00553. The second-order valence-corrected chi connectivity index (χ2v) is 9.35. The Bertz CT molecular complexity index is 973. The van der Waals surface area contributed by atoms with E-state index < -0.39 is 0 Å². The average Bonchev–Trinajstić information content (AvgIpc) is 3.66. The largest absolute Gasteiger partial charge is 0.354 e. The van der Waals surface area contributed by atoms with Crippen LogP contribution in [0.2, 0.25) is 0 Å². The van der Waals surface area contributed by atoms with Crippen LogP contribution >= 0.6 is 0 Å². The first-order chi connectivity index (χ1) is 15.7. The molecule has 0 bridgehead atoms. The summed E-state index contributed by atoms with van der Waals surface area (Å²) in [5.74, 6) is 1.11. The van der Waals surface area contributed by atoms with E-state index in [1.807, 2.05) is 30.3 Å². The molecule has 32 heavy (non-hydrogen) atoms. The quantitative estimate of drug-likeness (QED) is 0.782. The maximum Gasteiger partial charge on any atom is 0.252 e. The third-order valence-corrected chi connectivity index (χ3v) is 6.87. The van der Waals surface area contributed by atoms with Crippen molar-refractivity contribution in [3.63, 3.8) is 0 Å². The van der Waals surface area contributed by atoms with Gasteiger partial charge in [0.15, 0.2) is 0 Å². The molecule has 5 rings (SSSR count). The van der Waals surface area contributed by atoms with Gasteiger partial charge in [0.25, 0.3) is 5.91 Å². The Labute approximate surface area is 189 Å².